The third-order valence-corrected chi connectivity index (χ3v) is 3.42. The van der Waals surface area contributed by atoms with Crippen molar-refractivity contribution in [2.75, 3.05) is 27.2 Å². The summed E-state index contributed by atoms with van der Waals surface area (Å²) in [5.41, 5.74) is 1.20. The molecule has 1 aromatic rings. The zero-order chi connectivity index (χ0) is 14.5. The Bertz CT molecular complexity index is 452. The summed E-state index contributed by atoms with van der Waals surface area (Å²) >= 11 is 0. The molecule has 0 aliphatic heterocycles. The van der Waals surface area contributed by atoms with Gasteiger partial charge in [-0.2, -0.15) is 5.10 Å². The zero-order valence-corrected chi connectivity index (χ0v) is 15.7. The summed E-state index contributed by atoms with van der Waals surface area (Å²) in [7, 11) is 6.10. The lowest BCUT2D eigenvalue weighted by molar-refractivity contribution is 0.306. The Morgan fingerprint density at radius 1 is 1.52 bits per heavy atom. The lowest BCUT2D eigenvalue weighted by Gasteiger charge is -2.22. The number of nitrogens with one attached hydrogen (secondary N) is 2. The van der Waals surface area contributed by atoms with Crippen LogP contribution in [-0.2, 0) is 7.05 Å². The number of hydrogen-bond acceptors (Lipinski definition) is 3. The smallest absolute Gasteiger partial charge is 0.191 e. The van der Waals surface area contributed by atoms with Crippen LogP contribution in [0.15, 0.2) is 17.4 Å². The molecule has 0 bridgehead atoms. The Morgan fingerprint density at radius 3 is 2.71 bits per heavy atom. The van der Waals surface area contributed by atoms with Gasteiger partial charge >= 0.3 is 0 Å². The lowest BCUT2D eigenvalue weighted by atomic mass is 10.1. The number of guanidine groups is 1. The van der Waals surface area contributed by atoms with Crippen LogP contribution in [0.1, 0.15) is 31.4 Å². The number of aromatic nitrogens is 2. The second-order valence-electron chi connectivity index (χ2n) is 5.56. The van der Waals surface area contributed by atoms with Crippen LogP contribution in [-0.4, -0.2) is 53.9 Å². The highest BCUT2D eigenvalue weighted by molar-refractivity contribution is 14.0. The molecular formula is C14H27IN6. The molecule has 1 unspecified atom stereocenters. The van der Waals surface area contributed by atoms with Crippen molar-refractivity contribution < 1.29 is 0 Å². The molecule has 120 valence electrons. The van der Waals surface area contributed by atoms with Crippen LogP contribution in [0.2, 0.25) is 0 Å². The summed E-state index contributed by atoms with van der Waals surface area (Å²) in [4.78, 5) is 6.90. The predicted octanol–water partition coefficient (Wildman–Crippen LogP) is 1.36. The highest BCUT2D eigenvalue weighted by Gasteiger charge is 2.22. The van der Waals surface area contributed by atoms with Gasteiger partial charge in [0, 0.05) is 31.4 Å². The number of halogens is 1. The molecule has 2 rings (SSSR count). The van der Waals surface area contributed by atoms with E-state index in [0.29, 0.717) is 6.04 Å². The fourth-order valence-electron chi connectivity index (χ4n) is 2.10. The first kappa shape index (κ1) is 18.2. The van der Waals surface area contributed by atoms with Gasteiger partial charge in [0.2, 0.25) is 0 Å². The van der Waals surface area contributed by atoms with Gasteiger partial charge in [0.15, 0.2) is 5.96 Å². The highest BCUT2D eigenvalue weighted by Crippen LogP contribution is 2.19. The molecule has 1 atom stereocenters. The van der Waals surface area contributed by atoms with Crippen LogP contribution in [0.5, 0.6) is 0 Å². The summed E-state index contributed by atoms with van der Waals surface area (Å²) in [6.07, 6.45) is 6.48. The minimum Gasteiger partial charge on any atom is -0.357 e. The highest BCUT2D eigenvalue weighted by atomic mass is 127. The molecular weight excluding hydrogens is 379 g/mol. The standard InChI is InChI=1S/C14H26N6.HI/c1-5-15-14(18-12-6-7-12)16-9-13(19(2)3)11-8-17-20(4)10-11;/h8,10,12-13H,5-7,9H2,1-4H3,(H2,15,16,18);1H. The average Bonchev–Trinajstić information content (AvgIpc) is 3.10. The Labute approximate surface area is 144 Å². The molecule has 21 heavy (non-hydrogen) atoms. The van der Waals surface area contributed by atoms with Crippen molar-refractivity contribution in [1.82, 2.24) is 25.3 Å². The molecule has 1 aliphatic carbocycles. The van der Waals surface area contributed by atoms with Crippen molar-refractivity contribution >= 4 is 29.9 Å². The number of hydrogen-bond donors (Lipinski definition) is 2. The zero-order valence-electron chi connectivity index (χ0n) is 13.3. The Hall–Kier alpha value is -0.830. The molecule has 1 saturated carbocycles. The monoisotopic (exact) mass is 406 g/mol. The normalized spacial score (nSPS) is 16.5. The van der Waals surface area contributed by atoms with Gasteiger partial charge in [0.1, 0.15) is 0 Å². The Kier molecular flexibility index (Phi) is 7.44. The molecule has 1 fully saturated rings. The van der Waals surface area contributed by atoms with Crippen LogP contribution in [0.3, 0.4) is 0 Å². The van der Waals surface area contributed by atoms with Crippen molar-refractivity contribution in [2.24, 2.45) is 12.0 Å². The molecule has 0 spiro atoms. The number of rotatable bonds is 6. The number of likely N-dealkylation sites (N-methyl/N-ethyl adjacent to an activating group) is 1. The van der Waals surface area contributed by atoms with E-state index < -0.39 is 0 Å². The second kappa shape index (κ2) is 8.57. The van der Waals surface area contributed by atoms with Crippen molar-refractivity contribution in [2.45, 2.75) is 31.8 Å². The number of aryl methyl sites for hydroxylation is 1. The molecule has 2 N–H and O–H groups in total. The number of nitrogens with zero attached hydrogens (tertiary/aromatic N) is 4. The molecule has 0 amide bonds. The maximum absolute atomic E-state index is 4.72. The molecule has 7 heteroatoms. The van der Waals surface area contributed by atoms with E-state index in [1.54, 1.807) is 0 Å². The van der Waals surface area contributed by atoms with E-state index in [9.17, 15) is 0 Å². The van der Waals surface area contributed by atoms with Gasteiger partial charge in [0.25, 0.3) is 0 Å². The van der Waals surface area contributed by atoms with Gasteiger partial charge in [-0.3, -0.25) is 9.67 Å². The molecule has 1 heterocycles. The van der Waals surface area contributed by atoms with Crippen molar-refractivity contribution in [3.63, 3.8) is 0 Å². The fraction of sp³-hybridized carbons (Fsp3) is 0.714. The van der Waals surface area contributed by atoms with Crippen LogP contribution in [0.25, 0.3) is 0 Å². The second-order valence-corrected chi connectivity index (χ2v) is 5.56. The van der Waals surface area contributed by atoms with Gasteiger partial charge in [-0.15, -0.1) is 24.0 Å². The molecule has 0 saturated heterocycles. The van der Waals surface area contributed by atoms with Gasteiger partial charge < -0.3 is 15.5 Å². The minimum atomic E-state index is 0. The summed E-state index contributed by atoms with van der Waals surface area (Å²) in [5, 5.41) is 11.0. The third kappa shape index (κ3) is 5.82. The molecule has 1 aliphatic rings. The van der Waals surface area contributed by atoms with E-state index in [2.05, 4.69) is 47.8 Å². The quantitative estimate of drug-likeness (QED) is 0.426. The van der Waals surface area contributed by atoms with Gasteiger partial charge in [-0.25, -0.2) is 0 Å². The summed E-state index contributed by atoms with van der Waals surface area (Å²) in [5.74, 6) is 0.922. The fourth-order valence-corrected chi connectivity index (χ4v) is 2.10. The average molecular weight is 406 g/mol. The maximum atomic E-state index is 4.72. The topological polar surface area (TPSA) is 57.5 Å². The van der Waals surface area contributed by atoms with E-state index in [1.807, 2.05) is 17.9 Å². The summed E-state index contributed by atoms with van der Waals surface area (Å²) in [6, 6.07) is 0.863. The van der Waals surface area contributed by atoms with E-state index in [1.165, 1.54) is 18.4 Å². The van der Waals surface area contributed by atoms with Crippen LogP contribution in [0.4, 0.5) is 0 Å². The third-order valence-electron chi connectivity index (χ3n) is 3.42. The van der Waals surface area contributed by atoms with Crippen LogP contribution < -0.4 is 10.6 Å². The van der Waals surface area contributed by atoms with E-state index >= 15 is 0 Å². The van der Waals surface area contributed by atoms with Crippen molar-refractivity contribution in [1.29, 1.82) is 0 Å². The summed E-state index contributed by atoms with van der Waals surface area (Å²) < 4.78 is 1.84. The molecule has 1 aromatic heterocycles. The molecule has 0 aromatic carbocycles. The molecule has 6 nitrogen and oxygen atoms in total. The Morgan fingerprint density at radius 2 is 2.24 bits per heavy atom. The largest absolute Gasteiger partial charge is 0.357 e. The first-order chi connectivity index (χ1) is 9.60. The van der Waals surface area contributed by atoms with Crippen LogP contribution >= 0.6 is 24.0 Å². The van der Waals surface area contributed by atoms with Crippen molar-refractivity contribution in [3.8, 4) is 0 Å². The van der Waals surface area contributed by atoms with Crippen molar-refractivity contribution in [3.05, 3.63) is 18.0 Å². The first-order valence-electron chi connectivity index (χ1n) is 7.30. The lowest BCUT2D eigenvalue weighted by Crippen LogP contribution is -2.39. The van der Waals surface area contributed by atoms with Gasteiger partial charge in [0.05, 0.1) is 18.8 Å². The first-order valence-corrected chi connectivity index (χ1v) is 7.30. The Balaban J connectivity index is 0.00000220. The minimum absolute atomic E-state index is 0. The van der Waals surface area contributed by atoms with Gasteiger partial charge in [-0.1, -0.05) is 0 Å². The molecule has 0 radical (unpaired) electrons. The van der Waals surface area contributed by atoms with E-state index in [0.717, 1.165) is 19.0 Å². The van der Waals surface area contributed by atoms with Gasteiger partial charge in [-0.05, 0) is 33.9 Å². The maximum Gasteiger partial charge on any atom is 0.191 e. The number of aliphatic imine (C=N–C) groups is 1. The SMILES string of the molecule is CCNC(=NCC(c1cnn(C)c1)N(C)C)NC1CC1.I. The predicted molar refractivity (Wildman–Crippen MR) is 97.2 cm³/mol. The van der Waals surface area contributed by atoms with E-state index in [4.69, 9.17) is 4.99 Å². The van der Waals surface area contributed by atoms with E-state index in [-0.39, 0.29) is 30.0 Å². The van der Waals surface area contributed by atoms with Crippen LogP contribution in [0, 0.1) is 0 Å². The summed E-state index contributed by atoms with van der Waals surface area (Å²) in [6.45, 7) is 3.70.